The molecular formula is C22H34O4. The summed E-state index contributed by atoms with van der Waals surface area (Å²) < 4.78 is 5.58. The van der Waals surface area contributed by atoms with E-state index in [1.165, 1.54) is 12.5 Å². The number of hydrogen-bond donors (Lipinski definition) is 2. The van der Waals surface area contributed by atoms with Crippen molar-refractivity contribution in [1.29, 1.82) is 0 Å². The van der Waals surface area contributed by atoms with Gasteiger partial charge >= 0.3 is 5.97 Å². The molecule has 0 aromatic rings. The molecule has 2 aliphatic rings. The van der Waals surface area contributed by atoms with E-state index < -0.39 is 23.7 Å². The first-order valence-corrected chi connectivity index (χ1v) is 9.60. The summed E-state index contributed by atoms with van der Waals surface area (Å²) >= 11 is 0. The van der Waals surface area contributed by atoms with E-state index in [1.807, 2.05) is 20.8 Å². The van der Waals surface area contributed by atoms with Crippen molar-refractivity contribution in [2.45, 2.75) is 78.1 Å². The minimum Gasteiger partial charge on any atom is -0.462 e. The Balaban J connectivity index is 2.37. The molecule has 0 unspecified atom stereocenters. The number of fused-ring (bicyclic) bond motifs is 1. The molecule has 0 aromatic carbocycles. The van der Waals surface area contributed by atoms with Crippen LogP contribution in [0, 0.1) is 17.8 Å². The molecule has 2 aliphatic carbocycles. The van der Waals surface area contributed by atoms with Crippen molar-refractivity contribution in [3.63, 3.8) is 0 Å². The quantitative estimate of drug-likeness (QED) is 0.574. The molecule has 4 heteroatoms. The maximum atomic E-state index is 11.7. The maximum absolute atomic E-state index is 11.7. The van der Waals surface area contributed by atoms with E-state index in [-0.39, 0.29) is 17.8 Å². The van der Waals surface area contributed by atoms with Gasteiger partial charge in [-0.2, -0.15) is 0 Å². The fourth-order valence-electron chi connectivity index (χ4n) is 4.74. The number of carbonyl (C=O) groups is 1. The standard InChI is InChI=1S/C22H34O4/c1-13(2)8-7-11-22(6,25)20-18(26-16(5)23)12-15(4)17-10-9-14(3)19(17)21(20)24/h8-9,17-21,24-25H,4,7,10-12H2,1-3,5-6H3/t17-,18+,19+,20+,21-,22-/m0/s1. The van der Waals surface area contributed by atoms with Gasteiger partial charge in [-0.1, -0.05) is 35.5 Å². The van der Waals surface area contributed by atoms with Crippen LogP contribution in [0.25, 0.3) is 0 Å². The first kappa shape index (κ1) is 20.9. The van der Waals surface area contributed by atoms with Gasteiger partial charge in [0.1, 0.15) is 6.10 Å². The predicted octanol–water partition coefficient (Wildman–Crippen LogP) is 3.93. The molecule has 1 fully saturated rings. The Hall–Kier alpha value is -1.39. The number of ether oxygens (including phenoxy) is 1. The molecule has 1 saturated carbocycles. The molecule has 0 aliphatic heterocycles. The molecule has 4 nitrogen and oxygen atoms in total. The van der Waals surface area contributed by atoms with E-state index in [9.17, 15) is 15.0 Å². The molecule has 0 spiro atoms. The van der Waals surface area contributed by atoms with Gasteiger partial charge in [-0.15, -0.1) is 0 Å². The number of carbonyl (C=O) groups excluding carboxylic acids is 1. The number of esters is 1. The third-order valence-corrected chi connectivity index (χ3v) is 6.02. The molecule has 26 heavy (non-hydrogen) atoms. The smallest absolute Gasteiger partial charge is 0.302 e. The lowest BCUT2D eigenvalue weighted by molar-refractivity contribution is -0.166. The molecule has 0 bridgehead atoms. The Morgan fingerprint density at radius 2 is 2.08 bits per heavy atom. The van der Waals surface area contributed by atoms with Crippen LogP contribution in [-0.2, 0) is 9.53 Å². The summed E-state index contributed by atoms with van der Waals surface area (Å²) in [6.07, 6.45) is 5.47. The normalized spacial score (nSPS) is 33.6. The Bertz CT molecular complexity index is 610. The number of allylic oxidation sites excluding steroid dienone is 3. The Labute approximate surface area is 157 Å². The SMILES string of the molecule is C=C1C[C@@H](OC(C)=O)[C@@H]([C@@](C)(O)CCC=C(C)C)[C@@H](O)[C@@H]2C(C)=CC[C@@H]12. The molecule has 146 valence electrons. The highest BCUT2D eigenvalue weighted by molar-refractivity contribution is 5.66. The van der Waals surface area contributed by atoms with Gasteiger partial charge in [0.2, 0.25) is 0 Å². The van der Waals surface area contributed by atoms with E-state index in [0.29, 0.717) is 12.8 Å². The van der Waals surface area contributed by atoms with Gasteiger partial charge in [0.05, 0.1) is 17.6 Å². The van der Waals surface area contributed by atoms with E-state index >= 15 is 0 Å². The average Bonchev–Trinajstić information content (AvgIpc) is 2.82. The minimum atomic E-state index is -1.15. The van der Waals surface area contributed by atoms with Gasteiger partial charge in [0, 0.05) is 19.3 Å². The van der Waals surface area contributed by atoms with Crippen LogP contribution >= 0.6 is 0 Å². The second kappa shape index (κ2) is 8.10. The van der Waals surface area contributed by atoms with Gasteiger partial charge in [-0.3, -0.25) is 4.79 Å². The Morgan fingerprint density at radius 1 is 1.42 bits per heavy atom. The van der Waals surface area contributed by atoms with Crippen molar-refractivity contribution < 1.29 is 19.7 Å². The third kappa shape index (κ3) is 4.47. The van der Waals surface area contributed by atoms with Crippen LogP contribution in [0.3, 0.4) is 0 Å². The van der Waals surface area contributed by atoms with Crippen LogP contribution in [0.4, 0.5) is 0 Å². The van der Waals surface area contributed by atoms with E-state index in [4.69, 9.17) is 4.74 Å². The fourth-order valence-corrected chi connectivity index (χ4v) is 4.74. The summed E-state index contributed by atoms with van der Waals surface area (Å²) in [7, 11) is 0. The second-order valence-electron chi connectivity index (χ2n) is 8.52. The summed E-state index contributed by atoms with van der Waals surface area (Å²) in [5, 5.41) is 22.6. The number of aliphatic hydroxyl groups is 2. The number of hydrogen-bond acceptors (Lipinski definition) is 4. The van der Waals surface area contributed by atoms with Crippen molar-refractivity contribution >= 4 is 5.97 Å². The van der Waals surface area contributed by atoms with E-state index in [2.05, 4.69) is 18.7 Å². The number of rotatable bonds is 5. The molecule has 6 atom stereocenters. The summed E-state index contributed by atoms with van der Waals surface area (Å²) in [4.78, 5) is 11.7. The monoisotopic (exact) mass is 362 g/mol. The maximum Gasteiger partial charge on any atom is 0.302 e. The minimum absolute atomic E-state index is 0.0667. The van der Waals surface area contributed by atoms with Gasteiger partial charge in [0.15, 0.2) is 0 Å². The average molecular weight is 363 g/mol. The third-order valence-electron chi connectivity index (χ3n) is 6.02. The first-order chi connectivity index (χ1) is 12.0. The zero-order chi connectivity index (χ0) is 19.6. The summed E-state index contributed by atoms with van der Waals surface area (Å²) in [6, 6.07) is 0. The Morgan fingerprint density at radius 3 is 2.65 bits per heavy atom. The highest BCUT2D eigenvalue weighted by Crippen LogP contribution is 2.48. The number of aliphatic hydroxyl groups excluding tert-OH is 1. The zero-order valence-electron chi connectivity index (χ0n) is 16.8. The topological polar surface area (TPSA) is 66.8 Å². The van der Waals surface area contributed by atoms with Crippen LogP contribution in [0.2, 0.25) is 0 Å². The van der Waals surface area contributed by atoms with Crippen LogP contribution in [0.1, 0.15) is 60.3 Å². The lowest BCUT2D eigenvalue weighted by Gasteiger charge is -2.41. The molecule has 2 N–H and O–H groups in total. The highest BCUT2D eigenvalue weighted by Gasteiger charge is 2.51. The van der Waals surface area contributed by atoms with Crippen LogP contribution < -0.4 is 0 Å². The van der Waals surface area contributed by atoms with Crippen LogP contribution in [-0.4, -0.2) is 34.0 Å². The van der Waals surface area contributed by atoms with Crippen molar-refractivity contribution in [1.82, 2.24) is 0 Å². The van der Waals surface area contributed by atoms with Gasteiger partial charge < -0.3 is 14.9 Å². The molecular weight excluding hydrogens is 328 g/mol. The van der Waals surface area contributed by atoms with Gasteiger partial charge in [-0.25, -0.2) is 0 Å². The van der Waals surface area contributed by atoms with Crippen molar-refractivity contribution in [2.75, 3.05) is 0 Å². The molecule has 0 radical (unpaired) electrons. The fraction of sp³-hybridized carbons (Fsp3) is 0.682. The largest absolute Gasteiger partial charge is 0.462 e. The van der Waals surface area contributed by atoms with Crippen molar-refractivity contribution in [2.24, 2.45) is 17.8 Å². The van der Waals surface area contributed by atoms with Crippen LogP contribution in [0.5, 0.6) is 0 Å². The second-order valence-corrected chi connectivity index (χ2v) is 8.52. The molecule has 0 amide bonds. The van der Waals surface area contributed by atoms with E-state index in [1.54, 1.807) is 6.92 Å². The highest BCUT2D eigenvalue weighted by atomic mass is 16.5. The summed E-state index contributed by atoms with van der Waals surface area (Å²) in [6.45, 7) is 13.4. The lowest BCUT2D eigenvalue weighted by Crippen LogP contribution is -2.51. The molecule has 0 heterocycles. The summed E-state index contributed by atoms with van der Waals surface area (Å²) in [5.41, 5.74) is 2.18. The van der Waals surface area contributed by atoms with E-state index in [0.717, 1.165) is 24.0 Å². The summed E-state index contributed by atoms with van der Waals surface area (Å²) in [5.74, 6) is -0.853. The van der Waals surface area contributed by atoms with Crippen molar-refractivity contribution in [3.05, 3.63) is 35.5 Å². The lowest BCUT2D eigenvalue weighted by atomic mass is 9.73. The van der Waals surface area contributed by atoms with Gasteiger partial charge in [-0.05, 0) is 52.9 Å². The van der Waals surface area contributed by atoms with Gasteiger partial charge in [0.25, 0.3) is 0 Å². The predicted molar refractivity (Wildman–Crippen MR) is 103 cm³/mol. The molecule has 0 saturated heterocycles. The molecule has 0 aromatic heterocycles. The Kier molecular flexibility index (Phi) is 6.51. The van der Waals surface area contributed by atoms with Crippen molar-refractivity contribution in [3.8, 4) is 0 Å². The zero-order valence-corrected chi connectivity index (χ0v) is 16.8. The van der Waals surface area contributed by atoms with Crippen LogP contribution in [0.15, 0.2) is 35.5 Å². The molecule has 2 rings (SSSR count). The first-order valence-electron chi connectivity index (χ1n) is 9.60.